The zero-order chi connectivity index (χ0) is 54.9. The van der Waals surface area contributed by atoms with E-state index in [-0.39, 0.29) is 19.1 Å². The molecule has 9 heteroatoms. The monoisotopic (exact) mass is 1070 g/mol. The van der Waals surface area contributed by atoms with Gasteiger partial charge in [0, 0.05) is 6.42 Å². The summed E-state index contributed by atoms with van der Waals surface area (Å²) in [4.78, 5) is 25.5. The normalized spacial score (nSPS) is 14.2. The van der Waals surface area contributed by atoms with Crippen LogP contribution in [0.4, 0.5) is 0 Å². The minimum absolute atomic E-state index is 0.0135. The Labute approximate surface area is 466 Å². The van der Waals surface area contributed by atoms with Crippen LogP contribution in [0.1, 0.15) is 303 Å². The van der Waals surface area contributed by atoms with Gasteiger partial charge in [-0.1, -0.05) is 299 Å². The van der Waals surface area contributed by atoms with Crippen LogP contribution in [0.2, 0.25) is 0 Å². The molecule has 0 aliphatic heterocycles. The largest absolute Gasteiger partial charge is 0.756 e. The van der Waals surface area contributed by atoms with Crippen LogP contribution in [0.25, 0.3) is 0 Å². The van der Waals surface area contributed by atoms with Gasteiger partial charge in [0.25, 0.3) is 7.82 Å². The van der Waals surface area contributed by atoms with Crippen LogP contribution in [0.15, 0.2) is 60.8 Å². The molecule has 0 aromatic heterocycles. The van der Waals surface area contributed by atoms with E-state index in [0.717, 1.165) is 70.6 Å². The Bertz CT molecular complexity index is 1400. The fraction of sp³-hybridized carbons (Fsp3) is 0.833. The molecule has 0 rings (SSSR count). The third-order valence-electron chi connectivity index (χ3n) is 14.5. The fourth-order valence-corrected chi connectivity index (χ4v) is 10.3. The number of aliphatic hydroxyl groups is 1. The molecule has 1 amide bonds. The molecular formula is C66H125N2O6P. The maximum atomic E-state index is 13.0. The number of rotatable bonds is 59. The number of amides is 1. The lowest BCUT2D eigenvalue weighted by molar-refractivity contribution is -0.870. The summed E-state index contributed by atoms with van der Waals surface area (Å²) in [6.07, 6.45) is 77.3. The zero-order valence-corrected chi connectivity index (χ0v) is 51.1. The van der Waals surface area contributed by atoms with Crippen molar-refractivity contribution in [2.75, 3.05) is 40.9 Å². The molecule has 8 nitrogen and oxygen atoms in total. The maximum Gasteiger partial charge on any atom is 0.268 e. The quantitative estimate of drug-likeness (QED) is 0.0272. The van der Waals surface area contributed by atoms with Crippen molar-refractivity contribution < 1.29 is 32.9 Å². The summed E-state index contributed by atoms with van der Waals surface area (Å²) >= 11 is 0. The highest BCUT2D eigenvalue weighted by molar-refractivity contribution is 7.45. The second kappa shape index (κ2) is 56.9. The van der Waals surface area contributed by atoms with Crippen LogP contribution in [0.5, 0.6) is 0 Å². The molecule has 0 bridgehead atoms. The number of hydrogen-bond donors (Lipinski definition) is 2. The van der Waals surface area contributed by atoms with Gasteiger partial charge in [-0.25, -0.2) is 0 Å². The second-order valence-electron chi connectivity index (χ2n) is 23.1. The first kappa shape index (κ1) is 73.2. The molecule has 0 heterocycles. The Morgan fingerprint density at radius 3 is 1.19 bits per heavy atom. The van der Waals surface area contributed by atoms with Crippen LogP contribution < -0.4 is 10.2 Å². The van der Waals surface area contributed by atoms with Gasteiger partial charge in [0.15, 0.2) is 0 Å². The zero-order valence-electron chi connectivity index (χ0n) is 50.3. The number of allylic oxidation sites excluding steroid dienone is 10. The summed E-state index contributed by atoms with van der Waals surface area (Å²) in [5.74, 6) is -0.161. The summed E-state index contributed by atoms with van der Waals surface area (Å²) in [6.45, 7) is 4.62. The van der Waals surface area contributed by atoms with Gasteiger partial charge in [-0.3, -0.25) is 9.36 Å². The number of nitrogens with zero attached hydrogens (tertiary/aromatic N) is 1. The van der Waals surface area contributed by atoms with Crippen molar-refractivity contribution in [3.8, 4) is 0 Å². The van der Waals surface area contributed by atoms with Gasteiger partial charge in [-0.05, 0) is 57.8 Å². The summed E-state index contributed by atoms with van der Waals surface area (Å²) < 4.78 is 23.4. The average Bonchev–Trinajstić information content (AvgIpc) is 3.37. The predicted octanol–water partition coefficient (Wildman–Crippen LogP) is 19.4. The van der Waals surface area contributed by atoms with Gasteiger partial charge in [-0.2, -0.15) is 0 Å². The first-order valence-electron chi connectivity index (χ1n) is 32.1. The van der Waals surface area contributed by atoms with Crippen molar-refractivity contribution >= 4 is 13.7 Å². The van der Waals surface area contributed by atoms with Crippen molar-refractivity contribution in [1.29, 1.82) is 0 Å². The molecule has 2 N–H and O–H groups in total. The molecule has 0 aliphatic rings. The van der Waals surface area contributed by atoms with Crippen molar-refractivity contribution in [2.45, 2.75) is 315 Å². The minimum Gasteiger partial charge on any atom is -0.756 e. The Morgan fingerprint density at radius 2 is 0.813 bits per heavy atom. The number of unbranched alkanes of at least 4 members (excludes halogenated alkanes) is 36. The molecule has 0 aliphatic carbocycles. The maximum absolute atomic E-state index is 13.0. The van der Waals surface area contributed by atoms with Crippen molar-refractivity contribution in [2.24, 2.45) is 0 Å². The molecule has 0 saturated carbocycles. The Balaban J connectivity index is 3.82. The number of phosphoric acid groups is 1. The van der Waals surface area contributed by atoms with E-state index in [1.807, 2.05) is 21.1 Å². The van der Waals surface area contributed by atoms with Gasteiger partial charge < -0.3 is 28.8 Å². The van der Waals surface area contributed by atoms with Crippen LogP contribution in [-0.4, -0.2) is 68.5 Å². The Morgan fingerprint density at radius 1 is 0.480 bits per heavy atom. The molecule has 440 valence electrons. The highest BCUT2D eigenvalue weighted by atomic mass is 31.2. The number of quaternary nitrogens is 1. The smallest absolute Gasteiger partial charge is 0.268 e. The molecule has 0 spiro atoms. The molecule has 0 radical (unpaired) electrons. The SMILES string of the molecule is CC/C=C\C/C=C\C/C=C\C/C=C\C/C=C\CCCCCCCCCCCCCCCCCCCCCCCCCCCC(=O)NC(COP(=O)([O-])OCC[N+](C)(C)C)C(O)CCCCCCCCCCCCCC. The van der Waals surface area contributed by atoms with Crippen LogP contribution in [0.3, 0.4) is 0 Å². The van der Waals surface area contributed by atoms with E-state index in [0.29, 0.717) is 23.9 Å². The van der Waals surface area contributed by atoms with Gasteiger partial charge in [-0.15, -0.1) is 0 Å². The van der Waals surface area contributed by atoms with E-state index in [2.05, 4.69) is 79.9 Å². The Kier molecular flexibility index (Phi) is 55.5. The summed E-state index contributed by atoms with van der Waals surface area (Å²) in [5, 5.41) is 14.0. The lowest BCUT2D eigenvalue weighted by atomic mass is 10.0. The van der Waals surface area contributed by atoms with E-state index in [9.17, 15) is 19.4 Å². The third kappa shape index (κ3) is 59.7. The number of carbonyl (C=O) groups is 1. The predicted molar refractivity (Wildman–Crippen MR) is 325 cm³/mol. The lowest BCUT2D eigenvalue weighted by Gasteiger charge is -2.30. The van der Waals surface area contributed by atoms with E-state index in [1.165, 1.54) is 205 Å². The first-order chi connectivity index (χ1) is 36.5. The van der Waals surface area contributed by atoms with E-state index in [1.54, 1.807) is 0 Å². The third-order valence-corrected chi connectivity index (χ3v) is 15.5. The van der Waals surface area contributed by atoms with E-state index in [4.69, 9.17) is 9.05 Å². The number of nitrogens with one attached hydrogen (secondary N) is 1. The molecule has 3 unspecified atom stereocenters. The van der Waals surface area contributed by atoms with E-state index >= 15 is 0 Å². The summed E-state index contributed by atoms with van der Waals surface area (Å²) in [7, 11) is 1.31. The summed E-state index contributed by atoms with van der Waals surface area (Å²) in [6, 6.07) is -0.798. The number of phosphoric ester groups is 1. The fourth-order valence-electron chi connectivity index (χ4n) is 9.54. The topological polar surface area (TPSA) is 108 Å². The van der Waals surface area contributed by atoms with Crippen LogP contribution >= 0.6 is 7.82 Å². The van der Waals surface area contributed by atoms with Crippen LogP contribution in [0, 0.1) is 0 Å². The highest BCUT2D eigenvalue weighted by Gasteiger charge is 2.24. The number of likely N-dealkylation sites (N-methyl/N-ethyl adjacent to an activating group) is 1. The van der Waals surface area contributed by atoms with Crippen molar-refractivity contribution in [3.05, 3.63) is 60.8 Å². The van der Waals surface area contributed by atoms with Crippen molar-refractivity contribution in [3.63, 3.8) is 0 Å². The molecular weight excluding hydrogens is 948 g/mol. The molecule has 3 atom stereocenters. The number of aliphatic hydroxyl groups excluding tert-OH is 1. The standard InChI is InChI=1S/C66H125N2O6P/c1-6-8-10-12-14-16-18-20-21-22-23-24-25-26-27-28-29-30-31-32-33-34-35-36-37-38-39-40-41-42-43-44-45-46-47-48-50-52-54-56-58-60-66(70)67-64(63-74-75(71,72)73-62-61-68(3,4)5)65(69)59-57-55-53-51-49-19-17-15-13-11-9-7-2/h8,10,14,16,20-21,23-24,26-27,64-65,69H,6-7,9,11-13,15,17-19,22,25,28-63H2,1-5H3,(H-,67,70,71,72)/b10-8-,16-14-,21-20-,24-23-,27-26-. The van der Waals surface area contributed by atoms with Gasteiger partial charge in [0.1, 0.15) is 13.2 Å². The van der Waals surface area contributed by atoms with Crippen LogP contribution in [-0.2, 0) is 18.4 Å². The number of hydrogen-bond acceptors (Lipinski definition) is 6. The molecule has 0 fully saturated rings. The average molecular weight is 1070 g/mol. The number of carbonyl (C=O) groups excluding carboxylic acids is 1. The van der Waals surface area contributed by atoms with E-state index < -0.39 is 20.0 Å². The lowest BCUT2D eigenvalue weighted by Crippen LogP contribution is -2.46. The molecule has 75 heavy (non-hydrogen) atoms. The summed E-state index contributed by atoms with van der Waals surface area (Å²) in [5.41, 5.74) is 0. The minimum atomic E-state index is -4.57. The Hall–Kier alpha value is -1.80. The van der Waals surface area contributed by atoms with Gasteiger partial charge in [0.05, 0.1) is 39.9 Å². The molecule has 0 saturated heterocycles. The first-order valence-corrected chi connectivity index (χ1v) is 33.6. The second-order valence-corrected chi connectivity index (χ2v) is 24.5. The van der Waals surface area contributed by atoms with Crippen molar-refractivity contribution in [1.82, 2.24) is 5.32 Å². The molecule has 0 aromatic rings. The highest BCUT2D eigenvalue weighted by Crippen LogP contribution is 2.38. The van der Waals surface area contributed by atoms with Gasteiger partial charge in [0.2, 0.25) is 5.91 Å². The van der Waals surface area contributed by atoms with Gasteiger partial charge >= 0.3 is 0 Å². The molecule has 0 aromatic carbocycles.